The Hall–Kier alpha value is -1.38. The van der Waals surface area contributed by atoms with Crippen molar-refractivity contribution >= 4 is 11.7 Å². The van der Waals surface area contributed by atoms with Crippen LogP contribution in [0.5, 0.6) is 0 Å². The summed E-state index contributed by atoms with van der Waals surface area (Å²) in [6.45, 7) is 6.20. The predicted octanol–water partition coefficient (Wildman–Crippen LogP) is 2.76. The fraction of sp³-hybridized carbons (Fsp3) is 0.500. The van der Waals surface area contributed by atoms with Gasteiger partial charge in [0, 0.05) is 12.6 Å². The number of amides is 1. The highest BCUT2D eigenvalue weighted by Gasteiger charge is 2.04. The molecular formula is C12H18N2O. The number of nitrogens with zero attached hydrogens (tertiary/aromatic N) is 1. The lowest BCUT2D eigenvalue weighted by Gasteiger charge is -2.06. The number of hydrogen-bond donors (Lipinski definition) is 1. The van der Waals surface area contributed by atoms with Gasteiger partial charge >= 0.3 is 0 Å². The molecule has 0 radical (unpaired) electrons. The molecule has 0 aliphatic rings. The summed E-state index contributed by atoms with van der Waals surface area (Å²) >= 11 is 0. The van der Waals surface area contributed by atoms with Crippen LogP contribution in [-0.4, -0.2) is 10.9 Å². The number of anilines is 1. The summed E-state index contributed by atoms with van der Waals surface area (Å²) in [6.07, 6.45) is 3.18. The van der Waals surface area contributed by atoms with Gasteiger partial charge in [0.15, 0.2) is 0 Å². The van der Waals surface area contributed by atoms with Crippen molar-refractivity contribution in [1.29, 1.82) is 0 Å². The number of nitrogens with one attached hydrogen (secondary N) is 1. The zero-order valence-corrected chi connectivity index (χ0v) is 9.58. The Morgan fingerprint density at radius 2 is 2.27 bits per heavy atom. The van der Waals surface area contributed by atoms with Gasteiger partial charge in [-0.3, -0.25) is 4.79 Å². The second-order valence-electron chi connectivity index (χ2n) is 4.20. The number of carbonyl (C=O) groups excluding carboxylic acids is 1. The average molecular weight is 206 g/mol. The molecule has 1 aromatic heterocycles. The Morgan fingerprint density at radius 1 is 1.53 bits per heavy atom. The topological polar surface area (TPSA) is 42.0 Å². The van der Waals surface area contributed by atoms with Gasteiger partial charge in [0.25, 0.3) is 0 Å². The maximum absolute atomic E-state index is 11.5. The predicted molar refractivity (Wildman–Crippen MR) is 61.7 cm³/mol. The van der Waals surface area contributed by atoms with Gasteiger partial charge in [0.05, 0.1) is 0 Å². The maximum atomic E-state index is 11.5. The molecule has 1 heterocycles. The highest BCUT2D eigenvalue weighted by Crippen LogP contribution is 2.08. The Bertz CT molecular complexity index is 334. The van der Waals surface area contributed by atoms with E-state index in [9.17, 15) is 4.79 Å². The normalized spacial score (nSPS) is 10.4. The van der Waals surface area contributed by atoms with Crippen molar-refractivity contribution < 1.29 is 4.79 Å². The number of pyridine rings is 1. The quantitative estimate of drug-likeness (QED) is 0.823. The van der Waals surface area contributed by atoms with Gasteiger partial charge in [-0.25, -0.2) is 4.98 Å². The third-order valence-corrected chi connectivity index (χ3v) is 2.13. The van der Waals surface area contributed by atoms with Crippen molar-refractivity contribution in [2.45, 2.75) is 33.6 Å². The van der Waals surface area contributed by atoms with E-state index in [1.54, 1.807) is 6.20 Å². The van der Waals surface area contributed by atoms with Crippen molar-refractivity contribution in [2.24, 2.45) is 5.92 Å². The van der Waals surface area contributed by atoms with Crippen LogP contribution in [0.2, 0.25) is 0 Å². The van der Waals surface area contributed by atoms with E-state index in [1.807, 2.05) is 19.1 Å². The molecule has 82 valence electrons. The van der Waals surface area contributed by atoms with Crippen molar-refractivity contribution in [3.63, 3.8) is 0 Å². The van der Waals surface area contributed by atoms with E-state index in [4.69, 9.17) is 0 Å². The summed E-state index contributed by atoms with van der Waals surface area (Å²) < 4.78 is 0. The molecule has 1 amide bonds. The average Bonchev–Trinajstić information content (AvgIpc) is 2.15. The summed E-state index contributed by atoms with van der Waals surface area (Å²) in [5.74, 6) is 1.24. The van der Waals surface area contributed by atoms with Gasteiger partial charge < -0.3 is 5.32 Å². The standard InChI is InChI=1S/C12H18N2O/c1-9(2)4-5-12(15)14-11-8-10(3)6-7-13-11/h6-9H,4-5H2,1-3H3,(H,13,14,15). The lowest BCUT2D eigenvalue weighted by molar-refractivity contribution is -0.116. The minimum absolute atomic E-state index is 0.0433. The van der Waals surface area contributed by atoms with Gasteiger partial charge in [0.1, 0.15) is 5.82 Å². The summed E-state index contributed by atoms with van der Waals surface area (Å²) in [5.41, 5.74) is 1.10. The lowest BCUT2D eigenvalue weighted by atomic mass is 10.1. The minimum Gasteiger partial charge on any atom is -0.311 e. The van der Waals surface area contributed by atoms with Crippen molar-refractivity contribution in [3.05, 3.63) is 23.9 Å². The molecule has 0 atom stereocenters. The zero-order valence-electron chi connectivity index (χ0n) is 9.58. The third-order valence-electron chi connectivity index (χ3n) is 2.13. The number of aromatic nitrogens is 1. The summed E-state index contributed by atoms with van der Waals surface area (Å²) in [5, 5.41) is 2.79. The molecule has 0 saturated heterocycles. The van der Waals surface area contributed by atoms with Crippen LogP contribution in [0, 0.1) is 12.8 Å². The molecule has 0 bridgehead atoms. The first-order chi connectivity index (χ1) is 7.08. The Kier molecular flexibility index (Phi) is 4.28. The molecule has 0 fully saturated rings. The molecule has 1 rings (SSSR count). The molecule has 1 N–H and O–H groups in total. The Labute approximate surface area is 90.9 Å². The first-order valence-electron chi connectivity index (χ1n) is 5.30. The second kappa shape index (κ2) is 5.49. The second-order valence-corrected chi connectivity index (χ2v) is 4.20. The SMILES string of the molecule is Cc1ccnc(NC(=O)CCC(C)C)c1. The molecule has 15 heavy (non-hydrogen) atoms. The van der Waals surface area contributed by atoms with Crippen LogP contribution in [0.15, 0.2) is 18.3 Å². The summed E-state index contributed by atoms with van der Waals surface area (Å²) in [4.78, 5) is 15.6. The zero-order chi connectivity index (χ0) is 11.3. The van der Waals surface area contributed by atoms with Crippen molar-refractivity contribution in [3.8, 4) is 0 Å². The highest BCUT2D eigenvalue weighted by molar-refractivity contribution is 5.89. The molecule has 0 saturated carbocycles. The number of aryl methyl sites for hydroxylation is 1. The molecule has 3 heteroatoms. The molecule has 3 nitrogen and oxygen atoms in total. The number of carbonyl (C=O) groups is 1. The molecule has 0 unspecified atom stereocenters. The fourth-order valence-corrected chi connectivity index (χ4v) is 1.23. The van der Waals surface area contributed by atoms with E-state index < -0.39 is 0 Å². The van der Waals surface area contributed by atoms with E-state index in [1.165, 1.54) is 0 Å². The van der Waals surface area contributed by atoms with Gasteiger partial charge in [-0.2, -0.15) is 0 Å². The number of hydrogen-bond acceptors (Lipinski definition) is 2. The molecular weight excluding hydrogens is 188 g/mol. The van der Waals surface area contributed by atoms with E-state index in [2.05, 4.69) is 24.1 Å². The molecule has 1 aromatic rings. The van der Waals surface area contributed by atoms with E-state index >= 15 is 0 Å². The largest absolute Gasteiger partial charge is 0.311 e. The van der Waals surface area contributed by atoms with Gasteiger partial charge in [-0.1, -0.05) is 13.8 Å². The van der Waals surface area contributed by atoms with Crippen LogP contribution in [-0.2, 0) is 4.79 Å². The van der Waals surface area contributed by atoms with Crippen LogP contribution in [0.4, 0.5) is 5.82 Å². The Morgan fingerprint density at radius 3 is 2.87 bits per heavy atom. The van der Waals surface area contributed by atoms with Gasteiger partial charge in [0.2, 0.25) is 5.91 Å². The monoisotopic (exact) mass is 206 g/mol. The van der Waals surface area contributed by atoms with Crippen LogP contribution in [0.25, 0.3) is 0 Å². The molecule has 0 aliphatic carbocycles. The first-order valence-corrected chi connectivity index (χ1v) is 5.30. The van der Waals surface area contributed by atoms with Crippen LogP contribution < -0.4 is 5.32 Å². The van der Waals surface area contributed by atoms with E-state index in [0.29, 0.717) is 18.2 Å². The maximum Gasteiger partial charge on any atom is 0.225 e. The Balaban J connectivity index is 2.44. The van der Waals surface area contributed by atoms with E-state index in [0.717, 1.165) is 12.0 Å². The minimum atomic E-state index is 0.0433. The molecule has 0 aromatic carbocycles. The van der Waals surface area contributed by atoms with Crippen LogP contribution >= 0.6 is 0 Å². The summed E-state index contributed by atoms with van der Waals surface area (Å²) in [6, 6.07) is 3.77. The molecule has 0 aliphatic heterocycles. The van der Waals surface area contributed by atoms with Gasteiger partial charge in [-0.15, -0.1) is 0 Å². The van der Waals surface area contributed by atoms with Crippen LogP contribution in [0.1, 0.15) is 32.3 Å². The van der Waals surface area contributed by atoms with Gasteiger partial charge in [-0.05, 0) is 37.0 Å². The first kappa shape index (κ1) is 11.7. The van der Waals surface area contributed by atoms with E-state index in [-0.39, 0.29) is 5.91 Å². The van der Waals surface area contributed by atoms with Crippen molar-refractivity contribution in [2.75, 3.05) is 5.32 Å². The fourth-order valence-electron chi connectivity index (χ4n) is 1.23. The summed E-state index contributed by atoms with van der Waals surface area (Å²) in [7, 11) is 0. The highest BCUT2D eigenvalue weighted by atomic mass is 16.1. The number of rotatable bonds is 4. The third kappa shape index (κ3) is 4.58. The smallest absolute Gasteiger partial charge is 0.225 e. The molecule has 0 spiro atoms. The van der Waals surface area contributed by atoms with Crippen molar-refractivity contribution in [1.82, 2.24) is 4.98 Å². The van der Waals surface area contributed by atoms with Crippen LogP contribution in [0.3, 0.4) is 0 Å². The lowest BCUT2D eigenvalue weighted by Crippen LogP contribution is -2.13.